The van der Waals surface area contributed by atoms with E-state index in [-0.39, 0.29) is 23.9 Å². The summed E-state index contributed by atoms with van der Waals surface area (Å²) in [4.78, 5) is 23.8. The summed E-state index contributed by atoms with van der Waals surface area (Å²) in [6, 6.07) is 10.6. The molecule has 2 aromatic carbocycles. The molecule has 0 unspecified atom stereocenters. The summed E-state index contributed by atoms with van der Waals surface area (Å²) >= 11 is 0. The van der Waals surface area contributed by atoms with Crippen LogP contribution in [0.3, 0.4) is 0 Å². The first-order chi connectivity index (χ1) is 11.7. The molecule has 0 spiro atoms. The van der Waals surface area contributed by atoms with E-state index < -0.39 is 0 Å². The van der Waals surface area contributed by atoms with Gasteiger partial charge in [-0.05, 0) is 47.6 Å². The third-order valence-electron chi connectivity index (χ3n) is 5.35. The van der Waals surface area contributed by atoms with Gasteiger partial charge in [-0.25, -0.2) is 0 Å². The molecule has 3 aromatic rings. The summed E-state index contributed by atoms with van der Waals surface area (Å²) in [6.45, 7) is 0. The normalized spacial score (nSPS) is 21.8. The molecule has 2 aliphatic rings. The Hall–Kier alpha value is -2.49. The molecule has 0 amide bonds. The number of nitrogens with zero attached hydrogens (tertiary/aromatic N) is 1. The minimum atomic E-state index is -0.322. The van der Waals surface area contributed by atoms with Crippen molar-refractivity contribution in [3.05, 3.63) is 41.6 Å². The summed E-state index contributed by atoms with van der Waals surface area (Å²) in [5, 5.41) is 7.38. The van der Waals surface area contributed by atoms with Crippen LogP contribution in [0.1, 0.15) is 55.2 Å². The van der Waals surface area contributed by atoms with Crippen molar-refractivity contribution in [2.75, 3.05) is 0 Å². The van der Waals surface area contributed by atoms with E-state index in [2.05, 4.69) is 29.4 Å². The van der Waals surface area contributed by atoms with Gasteiger partial charge in [0.15, 0.2) is 5.58 Å². The van der Waals surface area contributed by atoms with E-state index in [4.69, 9.17) is 4.52 Å². The first-order valence-electron chi connectivity index (χ1n) is 8.57. The van der Waals surface area contributed by atoms with Gasteiger partial charge in [-0.3, -0.25) is 9.59 Å². The number of fused-ring (bicyclic) bond motifs is 3. The molecule has 1 heterocycles. The Labute approximate surface area is 138 Å². The molecule has 2 aliphatic carbocycles. The second kappa shape index (κ2) is 5.00. The smallest absolute Gasteiger partial charge is 0.167 e. The molecular formula is C20H17NO3. The molecule has 4 heteroatoms. The molecule has 1 aromatic heterocycles. The number of ketones is 2. The maximum Gasteiger partial charge on any atom is 0.167 e. The van der Waals surface area contributed by atoms with Crippen molar-refractivity contribution in [2.45, 2.75) is 43.9 Å². The van der Waals surface area contributed by atoms with Crippen molar-refractivity contribution in [2.24, 2.45) is 0 Å². The fraction of sp³-hybridized carbons (Fsp3) is 0.350. The van der Waals surface area contributed by atoms with E-state index in [1.54, 1.807) is 0 Å². The molecule has 24 heavy (non-hydrogen) atoms. The second-order valence-corrected chi connectivity index (χ2v) is 7.03. The molecular weight excluding hydrogens is 302 g/mol. The fourth-order valence-electron chi connectivity index (χ4n) is 3.88. The maximum atomic E-state index is 12.3. The monoisotopic (exact) mass is 319 g/mol. The van der Waals surface area contributed by atoms with Crippen molar-refractivity contribution in [3.63, 3.8) is 0 Å². The van der Waals surface area contributed by atoms with Gasteiger partial charge in [0, 0.05) is 6.42 Å². The molecule has 120 valence electrons. The molecule has 0 N–H and O–H groups in total. The van der Waals surface area contributed by atoms with Crippen LogP contribution in [-0.2, 0) is 9.59 Å². The zero-order chi connectivity index (χ0) is 16.3. The van der Waals surface area contributed by atoms with E-state index in [1.165, 1.54) is 18.4 Å². The van der Waals surface area contributed by atoms with Crippen LogP contribution < -0.4 is 0 Å². The zero-order valence-electron chi connectivity index (χ0n) is 13.2. The minimum Gasteiger partial charge on any atom is -0.356 e. The van der Waals surface area contributed by atoms with Crippen molar-refractivity contribution < 1.29 is 14.1 Å². The minimum absolute atomic E-state index is 0.0234. The van der Waals surface area contributed by atoms with Crippen molar-refractivity contribution in [1.29, 1.82) is 0 Å². The Bertz CT molecular complexity index is 997. The number of hydrogen-bond donors (Lipinski definition) is 0. The number of Topliss-reactive ketones (excluding diaryl/α,β-unsaturated/α-hetero) is 2. The number of benzene rings is 2. The topological polar surface area (TPSA) is 60.2 Å². The predicted molar refractivity (Wildman–Crippen MR) is 90.1 cm³/mol. The Kier molecular flexibility index (Phi) is 2.90. The molecule has 0 saturated heterocycles. The van der Waals surface area contributed by atoms with Crippen LogP contribution in [0.4, 0.5) is 0 Å². The standard InChI is InChI=1S/C20H17NO3/c22-14-5-7-16(17(23)10-14)20-19-15-6-3-12(11-1-2-11)9-13(15)4-8-18(19)24-21-20/h3-4,6,8-9,11,16H,1-2,5,7,10H2/t16-/m0/s1. The van der Waals surface area contributed by atoms with Crippen molar-refractivity contribution in [1.82, 2.24) is 5.16 Å². The number of aromatic nitrogens is 1. The van der Waals surface area contributed by atoms with Gasteiger partial charge < -0.3 is 4.52 Å². The van der Waals surface area contributed by atoms with E-state index in [1.807, 2.05) is 6.07 Å². The highest BCUT2D eigenvalue weighted by molar-refractivity contribution is 6.11. The van der Waals surface area contributed by atoms with E-state index in [0.717, 1.165) is 16.2 Å². The third kappa shape index (κ3) is 2.09. The molecule has 2 fully saturated rings. The van der Waals surface area contributed by atoms with Gasteiger partial charge in [-0.1, -0.05) is 29.4 Å². The largest absolute Gasteiger partial charge is 0.356 e. The van der Waals surface area contributed by atoms with Crippen LogP contribution in [-0.4, -0.2) is 16.7 Å². The lowest BCUT2D eigenvalue weighted by Crippen LogP contribution is -2.23. The summed E-state index contributed by atoms with van der Waals surface area (Å²) in [7, 11) is 0. The van der Waals surface area contributed by atoms with E-state index in [9.17, 15) is 9.59 Å². The van der Waals surface area contributed by atoms with Crippen molar-refractivity contribution in [3.8, 4) is 0 Å². The number of carbonyl (C=O) groups is 2. The predicted octanol–water partition coefficient (Wildman–Crippen LogP) is 4.26. The quantitative estimate of drug-likeness (QED) is 0.662. The van der Waals surface area contributed by atoms with Gasteiger partial charge in [0.1, 0.15) is 17.3 Å². The number of hydrogen-bond acceptors (Lipinski definition) is 4. The van der Waals surface area contributed by atoms with Gasteiger partial charge in [0.25, 0.3) is 0 Å². The first kappa shape index (κ1) is 13.9. The summed E-state index contributed by atoms with van der Waals surface area (Å²) < 4.78 is 5.49. The molecule has 0 radical (unpaired) electrons. The number of rotatable bonds is 2. The van der Waals surface area contributed by atoms with Crippen LogP contribution in [0.25, 0.3) is 21.7 Å². The van der Waals surface area contributed by atoms with Crippen LogP contribution >= 0.6 is 0 Å². The highest BCUT2D eigenvalue weighted by Crippen LogP contribution is 2.42. The summed E-state index contributed by atoms with van der Waals surface area (Å²) in [5.41, 5.74) is 2.80. The third-order valence-corrected chi connectivity index (χ3v) is 5.35. The Morgan fingerprint density at radius 2 is 1.92 bits per heavy atom. The SMILES string of the molecule is O=C1CC[C@H](c2noc3ccc4cc(C5CC5)ccc4c23)C(=O)C1. The fourth-order valence-corrected chi connectivity index (χ4v) is 3.88. The van der Waals surface area contributed by atoms with Gasteiger partial charge in [0.05, 0.1) is 17.7 Å². The average Bonchev–Trinajstić information content (AvgIpc) is 3.34. The Balaban J connectivity index is 1.69. The second-order valence-electron chi connectivity index (χ2n) is 7.03. The van der Waals surface area contributed by atoms with Gasteiger partial charge >= 0.3 is 0 Å². The first-order valence-corrected chi connectivity index (χ1v) is 8.57. The van der Waals surface area contributed by atoms with Crippen molar-refractivity contribution >= 4 is 33.3 Å². The molecule has 2 saturated carbocycles. The van der Waals surface area contributed by atoms with Crippen LogP contribution in [0, 0.1) is 0 Å². The summed E-state index contributed by atoms with van der Waals surface area (Å²) in [5.74, 6) is 0.381. The van der Waals surface area contributed by atoms with Gasteiger partial charge in [-0.2, -0.15) is 0 Å². The Morgan fingerprint density at radius 1 is 1.04 bits per heavy atom. The molecule has 5 rings (SSSR count). The molecule has 1 atom stereocenters. The van der Waals surface area contributed by atoms with Gasteiger partial charge in [-0.15, -0.1) is 0 Å². The average molecular weight is 319 g/mol. The molecule has 0 bridgehead atoms. The van der Waals surface area contributed by atoms with Crippen LogP contribution in [0.15, 0.2) is 34.9 Å². The van der Waals surface area contributed by atoms with E-state index in [0.29, 0.717) is 30.0 Å². The molecule has 4 nitrogen and oxygen atoms in total. The highest BCUT2D eigenvalue weighted by Gasteiger charge is 2.32. The number of carbonyl (C=O) groups excluding carboxylic acids is 2. The lowest BCUT2D eigenvalue weighted by atomic mass is 9.83. The lowest BCUT2D eigenvalue weighted by molar-refractivity contribution is -0.130. The molecule has 0 aliphatic heterocycles. The maximum absolute atomic E-state index is 12.3. The zero-order valence-corrected chi connectivity index (χ0v) is 13.2. The highest BCUT2D eigenvalue weighted by atomic mass is 16.5. The van der Waals surface area contributed by atoms with Gasteiger partial charge in [0.2, 0.25) is 0 Å². The Morgan fingerprint density at radius 3 is 2.71 bits per heavy atom. The lowest BCUT2D eigenvalue weighted by Gasteiger charge is -2.18. The van der Waals surface area contributed by atoms with Crippen LogP contribution in [0.2, 0.25) is 0 Å². The van der Waals surface area contributed by atoms with E-state index >= 15 is 0 Å². The summed E-state index contributed by atoms with van der Waals surface area (Å²) in [6.07, 6.45) is 3.56. The van der Waals surface area contributed by atoms with Crippen LogP contribution in [0.5, 0.6) is 0 Å².